The van der Waals surface area contributed by atoms with Crippen LogP contribution in [0.1, 0.15) is 0 Å². The third-order valence-electron chi connectivity index (χ3n) is 2.85. The van der Waals surface area contributed by atoms with Gasteiger partial charge < -0.3 is 0 Å². The molecule has 16 heavy (non-hydrogen) atoms. The van der Waals surface area contributed by atoms with Crippen molar-refractivity contribution >= 4 is 31.9 Å². The van der Waals surface area contributed by atoms with Crippen LogP contribution in [0.4, 0.5) is 0 Å². The van der Waals surface area contributed by atoms with E-state index in [9.17, 15) is 0 Å². The van der Waals surface area contributed by atoms with Crippen LogP contribution in [0.5, 0.6) is 0 Å². The minimum absolute atomic E-state index is 0.411. The Morgan fingerprint density at radius 3 is 1.56 bits per heavy atom. The molecule has 2 rings (SSSR count). The molecule has 0 bridgehead atoms. The van der Waals surface area contributed by atoms with Gasteiger partial charge in [0, 0.05) is 11.8 Å². The second-order valence-corrected chi connectivity index (χ2v) is 4.67. The first kappa shape index (κ1) is 11.9. The molecule has 0 aromatic carbocycles. The van der Waals surface area contributed by atoms with Crippen LogP contribution in [0.15, 0.2) is 69.7 Å². The molecular formula is C14H12Br2. The second-order valence-electron chi connectivity index (χ2n) is 3.76. The SMILES string of the molecule is Br/C=C1\C=CC=CC1C1C=CC=C/C1=C\Br. The molecule has 0 fully saturated rings. The van der Waals surface area contributed by atoms with Crippen LogP contribution >= 0.6 is 31.9 Å². The van der Waals surface area contributed by atoms with Crippen LogP contribution < -0.4 is 0 Å². The van der Waals surface area contributed by atoms with Crippen molar-refractivity contribution in [3.8, 4) is 0 Å². The Kier molecular flexibility index (Phi) is 4.19. The number of hydrogen-bond donors (Lipinski definition) is 0. The summed E-state index contributed by atoms with van der Waals surface area (Å²) in [6, 6.07) is 0. The fraction of sp³-hybridized carbons (Fsp3) is 0.143. The Morgan fingerprint density at radius 2 is 1.19 bits per heavy atom. The first-order chi connectivity index (χ1) is 7.86. The summed E-state index contributed by atoms with van der Waals surface area (Å²) >= 11 is 6.88. The zero-order valence-electron chi connectivity index (χ0n) is 8.68. The van der Waals surface area contributed by atoms with Gasteiger partial charge in [0.2, 0.25) is 0 Å². The fourth-order valence-corrected chi connectivity index (χ4v) is 2.93. The van der Waals surface area contributed by atoms with Crippen molar-refractivity contribution in [2.24, 2.45) is 11.8 Å². The van der Waals surface area contributed by atoms with E-state index in [4.69, 9.17) is 0 Å². The van der Waals surface area contributed by atoms with E-state index in [2.05, 4.69) is 80.5 Å². The molecule has 2 unspecified atom stereocenters. The van der Waals surface area contributed by atoms with Gasteiger partial charge in [0.1, 0.15) is 0 Å². The van der Waals surface area contributed by atoms with Crippen LogP contribution in [-0.2, 0) is 0 Å². The minimum atomic E-state index is 0.411. The van der Waals surface area contributed by atoms with Crippen molar-refractivity contribution in [1.29, 1.82) is 0 Å². The molecule has 2 aliphatic rings. The highest BCUT2D eigenvalue weighted by atomic mass is 79.9. The van der Waals surface area contributed by atoms with E-state index in [-0.39, 0.29) is 0 Å². The summed E-state index contributed by atoms with van der Waals surface area (Å²) in [5, 5.41) is 0. The molecule has 2 atom stereocenters. The van der Waals surface area contributed by atoms with E-state index >= 15 is 0 Å². The normalized spacial score (nSPS) is 32.9. The highest BCUT2D eigenvalue weighted by Crippen LogP contribution is 2.35. The van der Waals surface area contributed by atoms with Gasteiger partial charge >= 0.3 is 0 Å². The van der Waals surface area contributed by atoms with E-state index in [0.717, 1.165) is 0 Å². The van der Waals surface area contributed by atoms with E-state index in [1.165, 1.54) is 11.1 Å². The molecule has 0 nitrogen and oxygen atoms in total. The highest BCUT2D eigenvalue weighted by molar-refractivity contribution is 9.11. The van der Waals surface area contributed by atoms with Crippen LogP contribution in [-0.4, -0.2) is 0 Å². The molecule has 0 spiro atoms. The standard InChI is InChI=1S/C14H12Br2/c15-9-11-5-1-3-7-13(11)14-8-4-2-6-12(14)10-16/h1-10,13-14H/b11-9+,12-10+. The number of hydrogen-bond acceptors (Lipinski definition) is 0. The van der Waals surface area contributed by atoms with E-state index < -0.39 is 0 Å². The molecule has 0 aliphatic heterocycles. The van der Waals surface area contributed by atoms with Crippen LogP contribution in [0, 0.1) is 11.8 Å². The van der Waals surface area contributed by atoms with Gasteiger partial charge in [0.25, 0.3) is 0 Å². The summed E-state index contributed by atoms with van der Waals surface area (Å²) in [4.78, 5) is 4.02. The highest BCUT2D eigenvalue weighted by Gasteiger charge is 2.23. The van der Waals surface area contributed by atoms with Crippen molar-refractivity contribution in [2.45, 2.75) is 0 Å². The maximum atomic E-state index is 3.44. The Balaban J connectivity index is 2.31. The molecule has 0 amide bonds. The zero-order valence-corrected chi connectivity index (χ0v) is 11.9. The second kappa shape index (κ2) is 5.65. The van der Waals surface area contributed by atoms with Crippen LogP contribution in [0.3, 0.4) is 0 Å². The summed E-state index contributed by atoms with van der Waals surface area (Å²) in [6.07, 6.45) is 17.2. The van der Waals surface area contributed by atoms with E-state index in [1.54, 1.807) is 0 Å². The lowest BCUT2D eigenvalue weighted by Crippen LogP contribution is -2.16. The van der Waals surface area contributed by atoms with Crippen molar-refractivity contribution in [2.75, 3.05) is 0 Å². The molecule has 0 aromatic heterocycles. The van der Waals surface area contributed by atoms with Gasteiger partial charge in [-0.2, -0.15) is 0 Å². The van der Waals surface area contributed by atoms with Gasteiger partial charge in [-0.3, -0.25) is 0 Å². The number of halogens is 2. The van der Waals surface area contributed by atoms with Gasteiger partial charge in [0.15, 0.2) is 0 Å². The van der Waals surface area contributed by atoms with Gasteiger partial charge in [-0.15, -0.1) is 0 Å². The smallest absolute Gasteiger partial charge is 0.0130 e. The molecule has 82 valence electrons. The van der Waals surface area contributed by atoms with Gasteiger partial charge in [-0.25, -0.2) is 0 Å². The molecule has 2 aliphatic carbocycles. The Morgan fingerprint density at radius 1 is 0.750 bits per heavy atom. The van der Waals surface area contributed by atoms with Crippen LogP contribution in [0.2, 0.25) is 0 Å². The summed E-state index contributed by atoms with van der Waals surface area (Å²) in [7, 11) is 0. The largest absolute Gasteiger partial charge is 0.0761 e. The van der Waals surface area contributed by atoms with Gasteiger partial charge in [-0.05, 0) is 21.1 Å². The number of allylic oxidation sites excluding steroid dienone is 10. The van der Waals surface area contributed by atoms with Crippen molar-refractivity contribution in [1.82, 2.24) is 0 Å². The number of rotatable bonds is 1. The minimum Gasteiger partial charge on any atom is -0.0761 e. The predicted molar refractivity (Wildman–Crippen MR) is 77.6 cm³/mol. The van der Waals surface area contributed by atoms with Gasteiger partial charge in [-0.1, -0.05) is 80.5 Å². The Hall–Kier alpha value is -0.600. The third kappa shape index (κ3) is 2.38. The average molecular weight is 340 g/mol. The Labute approximate surface area is 113 Å². The molecule has 0 saturated heterocycles. The third-order valence-corrected chi connectivity index (χ3v) is 3.90. The molecule has 2 heteroatoms. The van der Waals surface area contributed by atoms with Crippen molar-refractivity contribution in [3.63, 3.8) is 0 Å². The molecule has 0 N–H and O–H groups in total. The molecule has 0 saturated carbocycles. The summed E-state index contributed by atoms with van der Waals surface area (Å²) < 4.78 is 0. The molecule has 0 heterocycles. The maximum Gasteiger partial charge on any atom is 0.0130 e. The molecule has 0 radical (unpaired) electrons. The lowest BCUT2D eigenvalue weighted by molar-refractivity contribution is 0.626. The predicted octanol–water partition coefficient (Wildman–Crippen LogP) is 5.03. The quantitative estimate of drug-likeness (QED) is 0.628. The summed E-state index contributed by atoms with van der Waals surface area (Å²) in [6.45, 7) is 0. The molecular weight excluding hydrogens is 328 g/mol. The first-order valence-electron chi connectivity index (χ1n) is 5.17. The average Bonchev–Trinajstić information content (AvgIpc) is 2.38. The maximum absolute atomic E-state index is 3.44. The van der Waals surface area contributed by atoms with Gasteiger partial charge in [0.05, 0.1) is 0 Å². The van der Waals surface area contributed by atoms with E-state index in [1.807, 2.05) is 9.97 Å². The van der Waals surface area contributed by atoms with Crippen molar-refractivity contribution < 1.29 is 0 Å². The molecule has 0 aromatic rings. The Bertz CT molecular complexity index is 392. The van der Waals surface area contributed by atoms with Crippen LogP contribution in [0.25, 0.3) is 0 Å². The fourth-order valence-electron chi connectivity index (χ4n) is 2.02. The lowest BCUT2D eigenvalue weighted by atomic mass is 9.78. The zero-order chi connectivity index (χ0) is 11.4. The summed E-state index contributed by atoms with van der Waals surface area (Å²) in [5.41, 5.74) is 2.61. The first-order valence-corrected chi connectivity index (χ1v) is 7.00. The monoisotopic (exact) mass is 338 g/mol. The summed E-state index contributed by atoms with van der Waals surface area (Å²) in [5.74, 6) is 0.823. The van der Waals surface area contributed by atoms with E-state index in [0.29, 0.717) is 11.8 Å². The topological polar surface area (TPSA) is 0 Å². The lowest BCUT2D eigenvalue weighted by Gasteiger charge is -2.26. The van der Waals surface area contributed by atoms with Crippen molar-refractivity contribution in [3.05, 3.63) is 69.7 Å².